The van der Waals surface area contributed by atoms with Crippen molar-refractivity contribution in [3.05, 3.63) is 28.3 Å². The van der Waals surface area contributed by atoms with Gasteiger partial charge in [0.25, 0.3) is 0 Å². The minimum absolute atomic E-state index is 0.110. The highest BCUT2D eigenvalue weighted by Crippen LogP contribution is 2.41. The first-order chi connectivity index (χ1) is 10.8. The van der Waals surface area contributed by atoms with Crippen LogP contribution in [0.3, 0.4) is 0 Å². The Hall–Kier alpha value is -1.26. The highest BCUT2D eigenvalue weighted by Gasteiger charge is 2.46. The van der Waals surface area contributed by atoms with Gasteiger partial charge in [-0.2, -0.15) is 0 Å². The maximum Gasteiger partial charge on any atom is 0.343 e. The molecule has 0 bridgehead atoms. The van der Waals surface area contributed by atoms with Crippen LogP contribution in [-0.2, 0) is 15.1 Å². The third-order valence-electron chi connectivity index (χ3n) is 4.59. The van der Waals surface area contributed by atoms with Gasteiger partial charge in [0.05, 0.1) is 5.02 Å². The van der Waals surface area contributed by atoms with E-state index in [1.807, 2.05) is 0 Å². The van der Waals surface area contributed by atoms with Crippen molar-refractivity contribution in [2.24, 2.45) is 5.92 Å². The average molecular weight is 341 g/mol. The van der Waals surface area contributed by atoms with Gasteiger partial charge in [-0.3, -0.25) is 0 Å². The fourth-order valence-corrected chi connectivity index (χ4v) is 3.38. The Morgan fingerprint density at radius 1 is 1.30 bits per heavy atom. The van der Waals surface area contributed by atoms with E-state index in [1.54, 1.807) is 32.9 Å². The SMILES string of the molecule is Cc1cc(Cl)c(O)c([C@](O)(C(=O)OC2CCCCC2)C(C)C)c1. The van der Waals surface area contributed by atoms with E-state index in [9.17, 15) is 15.0 Å². The van der Waals surface area contributed by atoms with Crippen molar-refractivity contribution in [1.29, 1.82) is 0 Å². The number of carbonyl (C=O) groups is 1. The number of rotatable bonds is 4. The van der Waals surface area contributed by atoms with Crippen molar-refractivity contribution >= 4 is 17.6 Å². The van der Waals surface area contributed by atoms with Crippen LogP contribution in [0.2, 0.25) is 5.02 Å². The van der Waals surface area contributed by atoms with Gasteiger partial charge in [0.2, 0.25) is 0 Å². The zero-order valence-corrected chi connectivity index (χ0v) is 14.7. The minimum atomic E-state index is -1.92. The highest BCUT2D eigenvalue weighted by molar-refractivity contribution is 6.32. The topological polar surface area (TPSA) is 66.8 Å². The van der Waals surface area contributed by atoms with Crippen LogP contribution in [0, 0.1) is 12.8 Å². The van der Waals surface area contributed by atoms with E-state index >= 15 is 0 Å². The number of phenolic OH excluding ortho intramolecular Hbond substituents is 1. The monoisotopic (exact) mass is 340 g/mol. The summed E-state index contributed by atoms with van der Waals surface area (Å²) in [6, 6.07) is 3.18. The van der Waals surface area contributed by atoms with Gasteiger partial charge in [-0.1, -0.05) is 31.9 Å². The van der Waals surface area contributed by atoms with Crippen LogP contribution in [0.15, 0.2) is 12.1 Å². The Kier molecular flexibility index (Phi) is 5.58. The maximum atomic E-state index is 12.7. The number of carbonyl (C=O) groups excluding carboxylic acids is 1. The van der Waals surface area contributed by atoms with Gasteiger partial charge in [0.15, 0.2) is 5.60 Å². The van der Waals surface area contributed by atoms with Crippen LogP contribution in [0.1, 0.15) is 57.1 Å². The quantitative estimate of drug-likeness (QED) is 0.811. The predicted molar refractivity (Wildman–Crippen MR) is 89.6 cm³/mol. The molecule has 0 saturated heterocycles. The molecule has 0 unspecified atom stereocenters. The molecule has 0 amide bonds. The van der Waals surface area contributed by atoms with E-state index in [-0.39, 0.29) is 22.4 Å². The molecule has 1 aliphatic rings. The molecule has 4 nitrogen and oxygen atoms in total. The second kappa shape index (κ2) is 7.10. The van der Waals surface area contributed by atoms with Crippen molar-refractivity contribution < 1.29 is 19.7 Å². The van der Waals surface area contributed by atoms with Crippen LogP contribution in [-0.4, -0.2) is 22.3 Å². The number of hydrogen-bond acceptors (Lipinski definition) is 4. The van der Waals surface area contributed by atoms with Crippen LogP contribution in [0.4, 0.5) is 0 Å². The molecule has 2 N–H and O–H groups in total. The van der Waals surface area contributed by atoms with Crippen molar-refractivity contribution in [3.63, 3.8) is 0 Å². The third kappa shape index (κ3) is 3.64. The summed E-state index contributed by atoms with van der Waals surface area (Å²) >= 11 is 6.01. The Labute approximate surface area is 142 Å². The molecule has 1 aliphatic carbocycles. The number of hydrogen-bond donors (Lipinski definition) is 2. The Bertz CT molecular complexity index is 579. The lowest BCUT2D eigenvalue weighted by Crippen LogP contribution is -2.44. The zero-order chi connectivity index (χ0) is 17.2. The van der Waals surface area contributed by atoms with E-state index in [2.05, 4.69) is 0 Å². The minimum Gasteiger partial charge on any atom is -0.506 e. The summed E-state index contributed by atoms with van der Waals surface area (Å²) in [6.45, 7) is 5.23. The molecule has 1 aromatic carbocycles. The summed E-state index contributed by atoms with van der Waals surface area (Å²) in [5.74, 6) is -1.45. The molecule has 1 saturated carbocycles. The summed E-state index contributed by atoms with van der Waals surface area (Å²) in [6.07, 6.45) is 4.68. The van der Waals surface area contributed by atoms with Gasteiger partial charge in [-0.15, -0.1) is 0 Å². The molecule has 128 valence electrons. The summed E-state index contributed by atoms with van der Waals surface area (Å²) in [4.78, 5) is 12.7. The molecular formula is C18H25ClO4. The first kappa shape index (κ1) is 18.1. The highest BCUT2D eigenvalue weighted by atomic mass is 35.5. The van der Waals surface area contributed by atoms with Gasteiger partial charge in [0.1, 0.15) is 11.9 Å². The number of benzene rings is 1. The largest absolute Gasteiger partial charge is 0.506 e. The van der Waals surface area contributed by atoms with Gasteiger partial charge in [0, 0.05) is 5.56 Å². The first-order valence-electron chi connectivity index (χ1n) is 8.19. The van der Waals surface area contributed by atoms with Crippen molar-refractivity contribution in [2.75, 3.05) is 0 Å². The maximum absolute atomic E-state index is 12.7. The van der Waals surface area contributed by atoms with E-state index in [0.717, 1.165) is 37.7 Å². The Balaban J connectivity index is 2.37. The van der Waals surface area contributed by atoms with Gasteiger partial charge >= 0.3 is 5.97 Å². The molecule has 0 radical (unpaired) electrons. The number of halogens is 1. The fourth-order valence-electron chi connectivity index (χ4n) is 3.11. The van der Waals surface area contributed by atoms with E-state index in [4.69, 9.17) is 16.3 Å². The number of ether oxygens (including phenoxy) is 1. The average Bonchev–Trinajstić information content (AvgIpc) is 2.50. The van der Waals surface area contributed by atoms with E-state index < -0.39 is 17.5 Å². The van der Waals surface area contributed by atoms with Crippen LogP contribution in [0.5, 0.6) is 5.75 Å². The third-order valence-corrected chi connectivity index (χ3v) is 4.88. The predicted octanol–water partition coefficient (Wildman–Crippen LogP) is 4.07. The van der Waals surface area contributed by atoms with Crippen LogP contribution in [0.25, 0.3) is 0 Å². The van der Waals surface area contributed by atoms with Gasteiger partial charge in [-0.05, 0) is 56.2 Å². The Morgan fingerprint density at radius 3 is 2.48 bits per heavy atom. The van der Waals surface area contributed by atoms with Crippen LogP contribution < -0.4 is 0 Å². The molecule has 23 heavy (non-hydrogen) atoms. The van der Waals surface area contributed by atoms with Crippen molar-refractivity contribution in [2.45, 2.75) is 64.6 Å². The fraction of sp³-hybridized carbons (Fsp3) is 0.611. The second-order valence-corrected chi connectivity index (χ2v) is 7.14. The van der Waals surface area contributed by atoms with Crippen molar-refractivity contribution in [3.8, 4) is 5.75 Å². The molecule has 5 heteroatoms. The first-order valence-corrected chi connectivity index (χ1v) is 8.57. The molecule has 0 spiro atoms. The zero-order valence-electron chi connectivity index (χ0n) is 13.9. The molecule has 0 aliphatic heterocycles. The van der Waals surface area contributed by atoms with Crippen molar-refractivity contribution in [1.82, 2.24) is 0 Å². The number of aromatic hydroxyl groups is 1. The second-order valence-electron chi connectivity index (χ2n) is 6.73. The molecule has 1 fully saturated rings. The summed E-state index contributed by atoms with van der Waals surface area (Å²) in [5, 5.41) is 21.5. The van der Waals surface area contributed by atoms with E-state index in [1.165, 1.54) is 0 Å². The molecular weight excluding hydrogens is 316 g/mol. The molecule has 2 rings (SSSR count). The lowest BCUT2D eigenvalue weighted by atomic mass is 9.82. The van der Waals surface area contributed by atoms with Gasteiger partial charge < -0.3 is 14.9 Å². The number of phenols is 1. The van der Waals surface area contributed by atoms with Gasteiger partial charge in [-0.25, -0.2) is 4.79 Å². The lowest BCUT2D eigenvalue weighted by molar-refractivity contribution is -0.179. The lowest BCUT2D eigenvalue weighted by Gasteiger charge is -2.33. The molecule has 1 aromatic rings. The van der Waals surface area contributed by atoms with Crippen LogP contribution >= 0.6 is 11.6 Å². The number of aryl methyl sites for hydroxylation is 1. The standard InChI is InChI=1S/C18H25ClO4/c1-11(2)18(22,14-9-12(3)10-15(19)16(14)20)17(21)23-13-7-5-4-6-8-13/h9-11,13,20,22H,4-8H2,1-3H3/t18-/m0/s1. The summed E-state index contributed by atoms with van der Waals surface area (Å²) in [7, 11) is 0. The normalized spacial score (nSPS) is 18.7. The van der Waals surface area contributed by atoms with E-state index in [0.29, 0.717) is 0 Å². The summed E-state index contributed by atoms with van der Waals surface area (Å²) < 4.78 is 5.56. The molecule has 1 atom stereocenters. The molecule has 0 aromatic heterocycles. The smallest absolute Gasteiger partial charge is 0.343 e. The number of esters is 1. The Morgan fingerprint density at radius 2 is 1.91 bits per heavy atom. The summed E-state index contributed by atoms with van der Waals surface area (Å²) in [5.41, 5.74) is -1.05. The number of aliphatic hydroxyl groups is 1. The molecule has 0 heterocycles.